The third-order valence-electron chi connectivity index (χ3n) is 3.90. The second kappa shape index (κ2) is 7.14. The molecule has 0 saturated heterocycles. The molecule has 134 valence electrons. The lowest BCUT2D eigenvalue weighted by molar-refractivity contribution is 0.178. The van der Waals surface area contributed by atoms with Crippen LogP contribution >= 0.6 is 0 Å². The van der Waals surface area contributed by atoms with Crippen molar-refractivity contribution in [1.29, 1.82) is 0 Å². The summed E-state index contributed by atoms with van der Waals surface area (Å²) in [6, 6.07) is 0. The molecule has 0 aliphatic rings. The van der Waals surface area contributed by atoms with E-state index < -0.39 is 0 Å². The molecule has 0 atom stereocenters. The summed E-state index contributed by atoms with van der Waals surface area (Å²) in [5.41, 5.74) is 0.783. The second-order valence-corrected chi connectivity index (χ2v) is 6.28. The second-order valence-electron chi connectivity index (χ2n) is 6.28. The molecule has 0 radical (unpaired) electrons. The third-order valence-corrected chi connectivity index (χ3v) is 3.90. The first-order valence-corrected chi connectivity index (χ1v) is 8.20. The quantitative estimate of drug-likeness (QED) is 0.638. The standard InChI is InChI=1S/C16H23N7O2/c1-10(2)16-20-12(21-25-16)6-7-22(3)14-11-8-17-23(4)15(11)19-13(18-14)9-24-5/h8,10H,6-7,9H2,1-5H3. The van der Waals surface area contributed by atoms with Gasteiger partial charge >= 0.3 is 0 Å². The van der Waals surface area contributed by atoms with Gasteiger partial charge in [-0.3, -0.25) is 4.68 Å². The molecule has 0 fully saturated rings. The van der Waals surface area contributed by atoms with Crippen molar-refractivity contribution in [1.82, 2.24) is 29.9 Å². The average molecular weight is 345 g/mol. The van der Waals surface area contributed by atoms with E-state index in [0.717, 1.165) is 16.9 Å². The summed E-state index contributed by atoms with van der Waals surface area (Å²) >= 11 is 0. The van der Waals surface area contributed by atoms with Crippen LogP contribution in [0.5, 0.6) is 0 Å². The van der Waals surface area contributed by atoms with Crippen LogP contribution in [0.4, 0.5) is 5.82 Å². The summed E-state index contributed by atoms with van der Waals surface area (Å²) in [5.74, 6) is 3.04. The van der Waals surface area contributed by atoms with Crippen molar-refractivity contribution in [3.05, 3.63) is 23.7 Å². The highest BCUT2D eigenvalue weighted by Crippen LogP contribution is 2.23. The number of aryl methyl sites for hydroxylation is 1. The number of likely N-dealkylation sites (N-methyl/N-ethyl adjacent to an activating group) is 1. The molecule has 3 rings (SSSR count). The van der Waals surface area contributed by atoms with Gasteiger partial charge in [0.2, 0.25) is 5.89 Å². The zero-order chi connectivity index (χ0) is 18.0. The Morgan fingerprint density at radius 1 is 1.24 bits per heavy atom. The van der Waals surface area contributed by atoms with Gasteiger partial charge in [-0.1, -0.05) is 19.0 Å². The Balaban J connectivity index is 1.81. The Labute approximate surface area is 146 Å². The van der Waals surface area contributed by atoms with Crippen LogP contribution in [0.25, 0.3) is 11.0 Å². The number of nitrogens with zero attached hydrogens (tertiary/aromatic N) is 7. The summed E-state index contributed by atoms with van der Waals surface area (Å²) < 4.78 is 12.2. The van der Waals surface area contributed by atoms with E-state index in [-0.39, 0.29) is 5.92 Å². The predicted octanol–water partition coefficient (Wildman–Crippen LogP) is 1.69. The number of methoxy groups -OCH3 is 1. The monoisotopic (exact) mass is 345 g/mol. The Morgan fingerprint density at radius 2 is 2.04 bits per heavy atom. The largest absolute Gasteiger partial charge is 0.377 e. The predicted molar refractivity (Wildman–Crippen MR) is 92.4 cm³/mol. The highest BCUT2D eigenvalue weighted by molar-refractivity contribution is 5.86. The van der Waals surface area contributed by atoms with Crippen molar-refractivity contribution in [2.45, 2.75) is 32.8 Å². The summed E-state index contributed by atoms with van der Waals surface area (Å²) in [4.78, 5) is 15.6. The van der Waals surface area contributed by atoms with E-state index in [1.807, 2.05) is 27.9 Å². The van der Waals surface area contributed by atoms with Crippen LogP contribution < -0.4 is 4.90 Å². The van der Waals surface area contributed by atoms with Crippen molar-refractivity contribution < 1.29 is 9.26 Å². The maximum Gasteiger partial charge on any atom is 0.229 e. The molecule has 0 saturated carbocycles. The maximum atomic E-state index is 5.25. The van der Waals surface area contributed by atoms with Gasteiger partial charge in [0.1, 0.15) is 12.4 Å². The molecule has 0 amide bonds. The number of rotatable bonds is 7. The number of fused-ring (bicyclic) bond motifs is 1. The molecule has 9 heteroatoms. The first kappa shape index (κ1) is 17.3. The molecule has 25 heavy (non-hydrogen) atoms. The Bertz CT molecular complexity index is 855. The molecule has 3 aromatic heterocycles. The van der Waals surface area contributed by atoms with Crippen LogP contribution in [-0.2, 0) is 24.8 Å². The van der Waals surface area contributed by atoms with E-state index in [1.54, 1.807) is 18.0 Å². The number of aromatic nitrogens is 6. The van der Waals surface area contributed by atoms with Crippen molar-refractivity contribution in [2.75, 3.05) is 25.6 Å². The lowest BCUT2D eigenvalue weighted by Gasteiger charge is -2.18. The maximum absolute atomic E-state index is 5.25. The van der Waals surface area contributed by atoms with E-state index >= 15 is 0 Å². The summed E-state index contributed by atoms with van der Waals surface area (Å²) in [7, 11) is 5.47. The average Bonchev–Trinajstić information content (AvgIpc) is 3.20. The van der Waals surface area contributed by atoms with Crippen molar-refractivity contribution in [3.8, 4) is 0 Å². The fraction of sp³-hybridized carbons (Fsp3) is 0.562. The van der Waals surface area contributed by atoms with Crippen LogP contribution in [0.2, 0.25) is 0 Å². The Hall–Kier alpha value is -2.55. The third kappa shape index (κ3) is 3.60. The summed E-state index contributed by atoms with van der Waals surface area (Å²) in [6.07, 6.45) is 2.45. The number of hydrogen-bond acceptors (Lipinski definition) is 8. The highest BCUT2D eigenvalue weighted by atomic mass is 16.5. The molecular formula is C16H23N7O2. The van der Waals surface area contributed by atoms with Crippen LogP contribution in [0, 0.1) is 0 Å². The van der Waals surface area contributed by atoms with E-state index in [0.29, 0.717) is 37.1 Å². The van der Waals surface area contributed by atoms with E-state index in [4.69, 9.17) is 9.26 Å². The molecule has 3 heterocycles. The smallest absolute Gasteiger partial charge is 0.229 e. The van der Waals surface area contributed by atoms with Gasteiger partial charge in [0.25, 0.3) is 0 Å². The lowest BCUT2D eigenvalue weighted by Crippen LogP contribution is -2.23. The van der Waals surface area contributed by atoms with Crippen LogP contribution in [-0.4, -0.2) is 50.6 Å². The topological polar surface area (TPSA) is 95.0 Å². The van der Waals surface area contributed by atoms with Gasteiger partial charge in [0, 0.05) is 40.1 Å². The molecule has 0 aliphatic heterocycles. The minimum absolute atomic E-state index is 0.229. The highest BCUT2D eigenvalue weighted by Gasteiger charge is 2.16. The Kier molecular flexibility index (Phi) is 4.93. The SMILES string of the molecule is COCc1nc(N(C)CCc2noc(C(C)C)n2)c2cnn(C)c2n1. The fourth-order valence-corrected chi connectivity index (χ4v) is 2.51. The van der Waals surface area contributed by atoms with Gasteiger partial charge in [0.05, 0.1) is 11.6 Å². The van der Waals surface area contributed by atoms with E-state index in [9.17, 15) is 0 Å². The number of hydrogen-bond donors (Lipinski definition) is 0. The molecule has 0 unspecified atom stereocenters. The minimum atomic E-state index is 0.229. The van der Waals surface area contributed by atoms with Crippen molar-refractivity contribution >= 4 is 16.9 Å². The zero-order valence-corrected chi connectivity index (χ0v) is 15.2. The zero-order valence-electron chi connectivity index (χ0n) is 15.2. The number of anilines is 1. The van der Waals surface area contributed by atoms with Crippen LogP contribution in [0.15, 0.2) is 10.7 Å². The molecular weight excluding hydrogens is 322 g/mol. The summed E-state index contributed by atoms with van der Waals surface area (Å²) in [5, 5.41) is 9.23. The van der Waals surface area contributed by atoms with E-state index in [2.05, 4.69) is 30.1 Å². The lowest BCUT2D eigenvalue weighted by atomic mass is 10.2. The molecule has 0 bridgehead atoms. The van der Waals surface area contributed by atoms with Gasteiger partial charge in [-0.25, -0.2) is 9.97 Å². The van der Waals surface area contributed by atoms with Gasteiger partial charge < -0.3 is 14.2 Å². The van der Waals surface area contributed by atoms with Gasteiger partial charge in [0.15, 0.2) is 17.3 Å². The van der Waals surface area contributed by atoms with Gasteiger partial charge in [-0.15, -0.1) is 0 Å². The minimum Gasteiger partial charge on any atom is -0.377 e. The van der Waals surface area contributed by atoms with Crippen LogP contribution in [0.3, 0.4) is 0 Å². The number of ether oxygens (including phenoxy) is 1. The first-order chi connectivity index (χ1) is 12.0. The molecule has 0 aliphatic carbocycles. The fourth-order valence-electron chi connectivity index (χ4n) is 2.51. The normalized spacial score (nSPS) is 11.6. The molecule has 0 aromatic carbocycles. The first-order valence-electron chi connectivity index (χ1n) is 8.20. The van der Waals surface area contributed by atoms with Gasteiger partial charge in [-0.2, -0.15) is 10.1 Å². The van der Waals surface area contributed by atoms with E-state index in [1.165, 1.54) is 0 Å². The molecule has 0 N–H and O–H groups in total. The van der Waals surface area contributed by atoms with Crippen LogP contribution in [0.1, 0.15) is 37.3 Å². The Morgan fingerprint density at radius 3 is 2.72 bits per heavy atom. The van der Waals surface area contributed by atoms with Crippen molar-refractivity contribution in [3.63, 3.8) is 0 Å². The molecule has 3 aromatic rings. The van der Waals surface area contributed by atoms with Gasteiger partial charge in [-0.05, 0) is 0 Å². The molecule has 0 spiro atoms. The van der Waals surface area contributed by atoms with Crippen molar-refractivity contribution in [2.24, 2.45) is 7.05 Å². The molecule has 9 nitrogen and oxygen atoms in total. The summed E-state index contributed by atoms with van der Waals surface area (Å²) in [6.45, 7) is 5.11.